The van der Waals surface area contributed by atoms with E-state index in [0.29, 0.717) is 11.5 Å². The molecule has 0 heterocycles. The van der Waals surface area contributed by atoms with Gasteiger partial charge in [0.1, 0.15) is 11.5 Å². The third-order valence-corrected chi connectivity index (χ3v) is 7.10. The number of aromatic hydroxyl groups is 2. The quantitative estimate of drug-likeness (QED) is 0.454. The molecule has 0 saturated heterocycles. The summed E-state index contributed by atoms with van der Waals surface area (Å²) in [5.41, 5.74) is 9.77. The second-order valence-corrected chi connectivity index (χ2v) is 10.7. The fourth-order valence-electron chi connectivity index (χ4n) is 5.35. The summed E-state index contributed by atoms with van der Waals surface area (Å²) in [6.45, 7) is 17.0. The van der Waals surface area contributed by atoms with Crippen molar-refractivity contribution in [2.45, 2.75) is 80.6 Å². The summed E-state index contributed by atoms with van der Waals surface area (Å²) >= 11 is 0. The van der Waals surface area contributed by atoms with E-state index in [2.05, 4.69) is 45.9 Å². The Labute approximate surface area is 200 Å². The summed E-state index contributed by atoms with van der Waals surface area (Å²) in [6, 6.07) is 8.06. The van der Waals surface area contributed by atoms with Gasteiger partial charge >= 0.3 is 0 Å². The van der Waals surface area contributed by atoms with Gasteiger partial charge in [0.15, 0.2) is 0 Å². The Hall–Kier alpha value is -2.74. The summed E-state index contributed by atoms with van der Waals surface area (Å²) in [4.78, 5) is 0. The summed E-state index contributed by atoms with van der Waals surface area (Å²) in [5.74, 6) is 0.342. The van der Waals surface area contributed by atoms with Gasteiger partial charge in [-0.3, -0.25) is 0 Å². The van der Waals surface area contributed by atoms with Crippen molar-refractivity contribution >= 4 is 0 Å². The molecule has 176 valence electrons. The highest BCUT2D eigenvalue weighted by Crippen LogP contribution is 2.42. The monoisotopic (exact) mass is 444 g/mol. The molecule has 2 N–H and O–H groups in total. The van der Waals surface area contributed by atoms with Crippen LogP contribution in [0.3, 0.4) is 0 Å². The Morgan fingerprint density at radius 1 is 0.879 bits per heavy atom. The lowest BCUT2D eigenvalue weighted by Crippen LogP contribution is -2.19. The van der Waals surface area contributed by atoms with E-state index in [1.807, 2.05) is 52.0 Å². The average Bonchev–Trinajstić information content (AvgIpc) is 2.71. The van der Waals surface area contributed by atoms with Crippen LogP contribution in [-0.2, 0) is 0 Å². The predicted molar refractivity (Wildman–Crippen MR) is 140 cm³/mol. The summed E-state index contributed by atoms with van der Waals surface area (Å²) in [6.07, 6.45) is 10.3. The summed E-state index contributed by atoms with van der Waals surface area (Å²) < 4.78 is 0. The van der Waals surface area contributed by atoms with Gasteiger partial charge in [-0.15, -0.1) is 0 Å². The average molecular weight is 445 g/mol. The van der Waals surface area contributed by atoms with Gasteiger partial charge in [0.05, 0.1) is 0 Å². The lowest BCUT2D eigenvalue weighted by molar-refractivity contribution is 0.377. The maximum absolute atomic E-state index is 11.0. The minimum Gasteiger partial charge on any atom is -0.507 e. The van der Waals surface area contributed by atoms with Crippen LogP contribution in [0.1, 0.15) is 86.3 Å². The van der Waals surface area contributed by atoms with Crippen LogP contribution in [0.25, 0.3) is 0 Å². The number of benzene rings is 2. The normalized spacial score (nSPS) is 16.8. The molecule has 0 fully saturated rings. The Morgan fingerprint density at radius 2 is 1.39 bits per heavy atom. The zero-order valence-corrected chi connectivity index (χ0v) is 21.6. The van der Waals surface area contributed by atoms with Crippen LogP contribution in [0, 0.1) is 33.1 Å². The van der Waals surface area contributed by atoms with Crippen molar-refractivity contribution in [3.05, 3.63) is 92.6 Å². The lowest BCUT2D eigenvalue weighted by Gasteiger charge is -2.33. The first-order valence-electron chi connectivity index (χ1n) is 12.1. The number of hydrogen-bond donors (Lipinski definition) is 2. The number of rotatable bonds is 5. The van der Waals surface area contributed by atoms with E-state index in [9.17, 15) is 10.2 Å². The number of phenols is 2. The zero-order chi connectivity index (χ0) is 24.5. The molecular weight excluding hydrogens is 404 g/mol. The molecular formula is C31H40O2. The van der Waals surface area contributed by atoms with Crippen molar-refractivity contribution in [3.8, 4) is 11.5 Å². The number of aryl methyl sites for hydroxylation is 4. The van der Waals surface area contributed by atoms with Gasteiger partial charge in [0.2, 0.25) is 0 Å². The topological polar surface area (TPSA) is 40.5 Å². The Balaban J connectivity index is 2.14. The molecule has 2 aromatic rings. The van der Waals surface area contributed by atoms with Crippen LogP contribution in [0.4, 0.5) is 0 Å². The van der Waals surface area contributed by atoms with E-state index in [1.165, 1.54) is 30.4 Å². The minimum atomic E-state index is -0.249. The second kappa shape index (κ2) is 9.63. The Morgan fingerprint density at radius 3 is 1.88 bits per heavy atom. The molecule has 2 heteroatoms. The Kier molecular flexibility index (Phi) is 7.26. The van der Waals surface area contributed by atoms with Gasteiger partial charge < -0.3 is 10.2 Å². The predicted octanol–water partition coefficient (Wildman–Crippen LogP) is 8.49. The molecule has 0 saturated carbocycles. The molecule has 0 aliphatic heterocycles. The molecule has 2 aromatic carbocycles. The first kappa shape index (κ1) is 24.9. The lowest BCUT2D eigenvalue weighted by atomic mass is 9.72. The van der Waals surface area contributed by atoms with Gasteiger partial charge in [-0.1, -0.05) is 78.6 Å². The van der Waals surface area contributed by atoms with E-state index < -0.39 is 0 Å². The van der Waals surface area contributed by atoms with E-state index >= 15 is 0 Å². The maximum atomic E-state index is 11.0. The van der Waals surface area contributed by atoms with Crippen molar-refractivity contribution in [2.24, 2.45) is 5.41 Å². The van der Waals surface area contributed by atoms with Crippen molar-refractivity contribution in [2.75, 3.05) is 0 Å². The van der Waals surface area contributed by atoms with Crippen molar-refractivity contribution < 1.29 is 10.2 Å². The van der Waals surface area contributed by atoms with Crippen molar-refractivity contribution in [1.29, 1.82) is 0 Å². The van der Waals surface area contributed by atoms with Crippen LogP contribution in [0.2, 0.25) is 0 Å². The van der Waals surface area contributed by atoms with Crippen LogP contribution in [-0.4, -0.2) is 10.2 Å². The first-order valence-corrected chi connectivity index (χ1v) is 12.1. The highest BCUT2D eigenvalue weighted by atomic mass is 16.3. The molecule has 0 amide bonds. The molecule has 0 radical (unpaired) electrons. The fourth-order valence-corrected chi connectivity index (χ4v) is 5.35. The second-order valence-electron chi connectivity index (χ2n) is 10.7. The van der Waals surface area contributed by atoms with E-state index in [0.717, 1.165) is 39.0 Å². The first-order chi connectivity index (χ1) is 15.4. The van der Waals surface area contributed by atoms with Crippen molar-refractivity contribution in [3.63, 3.8) is 0 Å². The summed E-state index contributed by atoms with van der Waals surface area (Å²) in [5, 5.41) is 22.0. The fraction of sp³-hybridized carbons (Fsp3) is 0.419. The van der Waals surface area contributed by atoms with Crippen molar-refractivity contribution in [1.82, 2.24) is 0 Å². The third-order valence-electron chi connectivity index (χ3n) is 7.10. The van der Waals surface area contributed by atoms with Crippen LogP contribution in [0.15, 0.2) is 59.2 Å². The van der Waals surface area contributed by atoms with E-state index in [4.69, 9.17) is 0 Å². The SMILES string of the molecule is CC(C=CC1=C(C)CCCC1(C)C)=CC(c1cc(C)cc(C)c1O)c1cc(C)cc(C)c1O. The molecule has 2 nitrogen and oxygen atoms in total. The van der Waals surface area contributed by atoms with E-state index in [-0.39, 0.29) is 11.3 Å². The van der Waals surface area contributed by atoms with Crippen LogP contribution < -0.4 is 0 Å². The van der Waals surface area contributed by atoms with Gasteiger partial charge in [0, 0.05) is 17.0 Å². The third kappa shape index (κ3) is 5.43. The van der Waals surface area contributed by atoms with Gasteiger partial charge in [0.25, 0.3) is 0 Å². The molecule has 0 atom stereocenters. The molecule has 1 aliphatic carbocycles. The zero-order valence-electron chi connectivity index (χ0n) is 21.6. The van der Waals surface area contributed by atoms with Gasteiger partial charge in [-0.2, -0.15) is 0 Å². The number of hydrogen-bond acceptors (Lipinski definition) is 2. The molecule has 0 bridgehead atoms. The van der Waals surface area contributed by atoms with Gasteiger partial charge in [-0.25, -0.2) is 0 Å². The summed E-state index contributed by atoms with van der Waals surface area (Å²) in [7, 11) is 0. The molecule has 0 aromatic heterocycles. The van der Waals surface area contributed by atoms with Crippen LogP contribution >= 0.6 is 0 Å². The molecule has 33 heavy (non-hydrogen) atoms. The molecule has 0 unspecified atom stereocenters. The van der Waals surface area contributed by atoms with E-state index in [1.54, 1.807) is 0 Å². The highest BCUT2D eigenvalue weighted by molar-refractivity contribution is 5.56. The Bertz CT molecular complexity index is 1080. The standard InChI is InChI=1S/C31H40O2/c1-19(11-12-28-22(4)10-9-13-31(28,7)8)16-25(26-17-20(2)14-23(5)29(26)32)27-18-21(3)15-24(6)30(27)33/h11-12,14-18,25,32-33H,9-10,13H2,1-8H3. The largest absolute Gasteiger partial charge is 0.507 e. The number of phenolic OH excluding ortho intramolecular Hbond substituents is 2. The smallest absolute Gasteiger partial charge is 0.122 e. The minimum absolute atomic E-state index is 0.191. The molecule has 3 rings (SSSR count). The number of allylic oxidation sites excluding steroid dienone is 6. The van der Waals surface area contributed by atoms with Crippen LogP contribution in [0.5, 0.6) is 11.5 Å². The van der Waals surface area contributed by atoms with Gasteiger partial charge in [-0.05, 0) is 82.9 Å². The highest BCUT2D eigenvalue weighted by Gasteiger charge is 2.26. The molecule has 0 spiro atoms. The maximum Gasteiger partial charge on any atom is 0.122 e. The molecule has 1 aliphatic rings.